The zero-order chi connectivity index (χ0) is 18.1. The first-order chi connectivity index (χ1) is 12.2. The first kappa shape index (κ1) is 20.0. The smallest absolute Gasteiger partial charge is 0.166 e. The maximum Gasteiger partial charge on any atom is 0.166 e. The molecule has 0 amide bonds. The van der Waals surface area contributed by atoms with Gasteiger partial charge in [-0.1, -0.05) is 55.4 Å². The van der Waals surface area contributed by atoms with Gasteiger partial charge in [0.05, 0.1) is 22.6 Å². The molecule has 3 N–H and O–H groups in total. The summed E-state index contributed by atoms with van der Waals surface area (Å²) in [6.07, 6.45) is 2.09. The van der Waals surface area contributed by atoms with Crippen LogP contribution in [0.5, 0.6) is 11.5 Å². The maximum absolute atomic E-state index is 6.06. The van der Waals surface area contributed by atoms with E-state index in [1.54, 1.807) is 6.07 Å². The average Bonchev–Trinajstić information content (AvgIpc) is 2.62. The van der Waals surface area contributed by atoms with E-state index in [9.17, 15) is 0 Å². The standard InChI is InChI=1S/C17H19ClN2O3S2/c1-2-3-9-20-14-10-12(17(18)24)11-15(25-23-22-19)16(14)21-13-7-5-4-6-8-13/h4-8,10-11,20H,2-3,9,19H2,1H3. The first-order valence-electron chi connectivity index (χ1n) is 7.70. The summed E-state index contributed by atoms with van der Waals surface area (Å²) >= 11 is 12.0. The van der Waals surface area contributed by atoms with Crippen LogP contribution in [0.25, 0.3) is 0 Å². The van der Waals surface area contributed by atoms with E-state index in [1.807, 2.05) is 36.4 Å². The minimum absolute atomic E-state index is 0.250. The van der Waals surface area contributed by atoms with Crippen molar-refractivity contribution in [1.82, 2.24) is 0 Å². The van der Waals surface area contributed by atoms with Gasteiger partial charge in [0.1, 0.15) is 10.1 Å². The third-order valence-electron chi connectivity index (χ3n) is 3.25. The number of ether oxygens (including phenoxy) is 1. The topological polar surface area (TPSA) is 65.7 Å². The Bertz CT molecular complexity index is 702. The molecule has 0 aromatic heterocycles. The molecule has 0 radical (unpaired) electrons. The van der Waals surface area contributed by atoms with Crippen LogP contribution in [-0.2, 0) is 9.32 Å². The summed E-state index contributed by atoms with van der Waals surface area (Å²) < 4.78 is 11.1. The molecular weight excluding hydrogens is 380 g/mol. The van der Waals surface area contributed by atoms with Gasteiger partial charge >= 0.3 is 0 Å². The van der Waals surface area contributed by atoms with Crippen molar-refractivity contribution in [3.63, 3.8) is 0 Å². The molecule has 2 rings (SSSR count). The molecule has 5 nitrogen and oxygen atoms in total. The second kappa shape index (κ2) is 10.6. The van der Waals surface area contributed by atoms with Crippen LogP contribution in [0.2, 0.25) is 0 Å². The number of halogens is 1. The van der Waals surface area contributed by atoms with E-state index in [2.05, 4.69) is 17.2 Å². The van der Waals surface area contributed by atoms with Gasteiger partial charge in [-0.25, -0.2) is 0 Å². The zero-order valence-electron chi connectivity index (χ0n) is 13.7. The fraction of sp³-hybridized carbons (Fsp3) is 0.235. The summed E-state index contributed by atoms with van der Waals surface area (Å²) in [6.45, 7) is 2.92. The lowest BCUT2D eigenvalue weighted by atomic mass is 10.2. The normalized spacial score (nSPS) is 10.5. The highest BCUT2D eigenvalue weighted by Gasteiger charge is 2.17. The Kier molecular flexibility index (Phi) is 8.47. The molecule has 0 aliphatic rings. The van der Waals surface area contributed by atoms with Crippen molar-refractivity contribution in [3.8, 4) is 11.5 Å². The van der Waals surface area contributed by atoms with Gasteiger partial charge in [-0.3, -0.25) is 0 Å². The average molecular weight is 399 g/mol. The van der Waals surface area contributed by atoms with Crippen molar-refractivity contribution >= 4 is 45.9 Å². The highest BCUT2D eigenvalue weighted by atomic mass is 35.5. The summed E-state index contributed by atoms with van der Waals surface area (Å²) in [4.78, 5) is 4.84. The summed E-state index contributed by atoms with van der Waals surface area (Å²) in [6, 6.07) is 13.1. The zero-order valence-corrected chi connectivity index (χ0v) is 16.0. The van der Waals surface area contributed by atoms with E-state index in [0.717, 1.165) is 37.1 Å². The number of unbranched alkanes of at least 4 members (excludes halogenated alkanes) is 1. The monoisotopic (exact) mass is 398 g/mol. The second-order valence-electron chi connectivity index (χ2n) is 5.07. The van der Waals surface area contributed by atoms with Crippen molar-refractivity contribution in [3.05, 3.63) is 48.0 Å². The lowest BCUT2D eigenvalue weighted by Gasteiger charge is -2.17. The first-order valence-corrected chi connectivity index (χ1v) is 9.23. The number of anilines is 1. The Morgan fingerprint density at radius 1 is 1.28 bits per heavy atom. The third-order valence-corrected chi connectivity index (χ3v) is 4.34. The fourth-order valence-electron chi connectivity index (χ4n) is 2.08. The molecule has 0 unspecified atom stereocenters. The molecule has 2 aromatic carbocycles. The number of para-hydroxylation sites is 1. The fourth-order valence-corrected chi connectivity index (χ4v) is 2.82. The number of nitrogens with two attached hydrogens (primary N) is 1. The molecule has 0 saturated carbocycles. The number of hydrogen-bond acceptors (Lipinski definition) is 7. The number of thiocarbonyl (C=S) groups is 1. The van der Waals surface area contributed by atoms with Crippen LogP contribution in [-0.4, -0.2) is 10.9 Å². The Hall–Kier alpha value is -1.35. The molecular formula is C17H19ClN2O3S2. The molecule has 0 fully saturated rings. The summed E-state index contributed by atoms with van der Waals surface area (Å²) in [5, 5.41) is 3.36. The molecule has 0 bridgehead atoms. The lowest BCUT2D eigenvalue weighted by molar-refractivity contribution is -0.195. The van der Waals surface area contributed by atoms with Gasteiger partial charge in [-0.15, -0.1) is 9.32 Å². The summed E-state index contributed by atoms with van der Waals surface area (Å²) in [7, 11) is 0. The van der Waals surface area contributed by atoms with Crippen molar-refractivity contribution in [2.45, 2.75) is 24.7 Å². The molecule has 25 heavy (non-hydrogen) atoms. The minimum Gasteiger partial charge on any atom is -0.454 e. The quantitative estimate of drug-likeness (QED) is 0.138. The third kappa shape index (κ3) is 6.14. The van der Waals surface area contributed by atoms with Gasteiger partial charge in [0.15, 0.2) is 5.75 Å². The van der Waals surface area contributed by atoms with Crippen LogP contribution in [0.4, 0.5) is 5.69 Å². The van der Waals surface area contributed by atoms with Crippen LogP contribution in [0.1, 0.15) is 25.3 Å². The SMILES string of the molecule is CCCCNc1cc(C(=S)Cl)cc(SOON)c1Oc1ccccc1. The molecule has 0 aliphatic carbocycles. The minimum atomic E-state index is 0.250. The summed E-state index contributed by atoms with van der Waals surface area (Å²) in [5.74, 6) is 6.24. The number of rotatable bonds is 10. The molecule has 0 atom stereocenters. The van der Waals surface area contributed by atoms with Gasteiger partial charge in [-0.05, 0) is 30.7 Å². The number of nitrogens with one attached hydrogen (secondary N) is 1. The van der Waals surface area contributed by atoms with Crippen LogP contribution in [0.3, 0.4) is 0 Å². The molecule has 0 heterocycles. The second-order valence-corrected chi connectivity index (χ2v) is 6.82. The van der Waals surface area contributed by atoms with Crippen LogP contribution >= 0.6 is 35.9 Å². The molecule has 134 valence electrons. The Balaban J connectivity index is 2.42. The van der Waals surface area contributed by atoms with Crippen LogP contribution < -0.4 is 16.0 Å². The Labute approximate surface area is 161 Å². The van der Waals surface area contributed by atoms with Crippen molar-refractivity contribution in [2.75, 3.05) is 11.9 Å². The van der Waals surface area contributed by atoms with Crippen LogP contribution in [0.15, 0.2) is 47.4 Å². The van der Waals surface area contributed by atoms with E-state index in [4.69, 9.17) is 38.8 Å². The summed E-state index contributed by atoms with van der Waals surface area (Å²) in [5.41, 5.74) is 1.44. The largest absolute Gasteiger partial charge is 0.454 e. The lowest BCUT2D eigenvalue weighted by Crippen LogP contribution is -2.05. The van der Waals surface area contributed by atoms with Gasteiger partial charge < -0.3 is 10.1 Å². The highest BCUT2D eigenvalue weighted by molar-refractivity contribution is 7.94. The number of hydrogen-bond donors (Lipinski definition) is 2. The van der Waals surface area contributed by atoms with Crippen LogP contribution in [0, 0.1) is 0 Å². The van der Waals surface area contributed by atoms with E-state index in [1.165, 1.54) is 0 Å². The molecule has 0 spiro atoms. The molecule has 0 aliphatic heterocycles. The molecule has 0 saturated heterocycles. The molecule has 8 heteroatoms. The van der Waals surface area contributed by atoms with Crippen molar-refractivity contribution < 1.29 is 14.1 Å². The maximum atomic E-state index is 6.06. The number of benzene rings is 2. The van der Waals surface area contributed by atoms with E-state index >= 15 is 0 Å². The highest BCUT2D eigenvalue weighted by Crippen LogP contribution is 2.41. The van der Waals surface area contributed by atoms with Gasteiger partial charge in [0.2, 0.25) is 0 Å². The van der Waals surface area contributed by atoms with Gasteiger partial charge in [0.25, 0.3) is 0 Å². The van der Waals surface area contributed by atoms with Crippen molar-refractivity contribution in [2.24, 2.45) is 5.90 Å². The van der Waals surface area contributed by atoms with Gasteiger partial charge in [-0.2, -0.15) is 5.90 Å². The predicted octanol–water partition coefficient (Wildman–Crippen LogP) is 5.43. The molecule has 2 aromatic rings. The Morgan fingerprint density at radius 3 is 2.68 bits per heavy atom. The van der Waals surface area contributed by atoms with E-state index in [-0.39, 0.29) is 4.32 Å². The van der Waals surface area contributed by atoms with Gasteiger partial charge in [0, 0.05) is 12.1 Å². The van der Waals surface area contributed by atoms with Crippen molar-refractivity contribution in [1.29, 1.82) is 0 Å². The van der Waals surface area contributed by atoms with E-state index in [0.29, 0.717) is 22.0 Å². The predicted molar refractivity (Wildman–Crippen MR) is 106 cm³/mol. The Morgan fingerprint density at radius 2 is 2.04 bits per heavy atom. The van der Waals surface area contributed by atoms with E-state index < -0.39 is 0 Å².